The molecule has 1 amide bonds. The fourth-order valence-corrected chi connectivity index (χ4v) is 5.11. The van der Waals surface area contributed by atoms with Crippen LogP contribution in [0, 0.1) is 0 Å². The standard InChI is InChI=1S/C24H26N4O6S/c1-2-33-24(30)23-21(17-28(25-23)19-9-5-3-6-10-19)34-18-22(29)26-13-15-27(16-14-26)35(31,32)20-11-7-4-8-12-20/h3-12,17H,2,13-16,18H2,1H3. The molecule has 3 aromatic rings. The molecule has 11 heteroatoms. The first-order valence-corrected chi connectivity index (χ1v) is 12.6. The number of carbonyl (C=O) groups is 2. The normalized spacial score (nSPS) is 14.5. The van der Waals surface area contributed by atoms with Crippen LogP contribution in [0.1, 0.15) is 17.4 Å². The smallest absolute Gasteiger partial charge is 0.362 e. The summed E-state index contributed by atoms with van der Waals surface area (Å²) in [6.45, 7) is 2.38. The Kier molecular flexibility index (Phi) is 7.47. The molecule has 35 heavy (non-hydrogen) atoms. The number of aromatic nitrogens is 2. The third-order valence-electron chi connectivity index (χ3n) is 5.49. The van der Waals surface area contributed by atoms with E-state index in [1.807, 2.05) is 30.3 Å². The highest BCUT2D eigenvalue weighted by atomic mass is 32.2. The van der Waals surface area contributed by atoms with Gasteiger partial charge in [0.1, 0.15) is 0 Å². The van der Waals surface area contributed by atoms with Gasteiger partial charge < -0.3 is 14.4 Å². The number of rotatable bonds is 8. The van der Waals surface area contributed by atoms with Gasteiger partial charge in [-0.25, -0.2) is 17.9 Å². The minimum atomic E-state index is -3.61. The van der Waals surface area contributed by atoms with Crippen LogP contribution < -0.4 is 4.74 Å². The van der Waals surface area contributed by atoms with Crippen LogP contribution in [0.4, 0.5) is 0 Å². The highest BCUT2D eigenvalue weighted by molar-refractivity contribution is 7.89. The van der Waals surface area contributed by atoms with E-state index in [1.165, 1.54) is 15.2 Å². The summed E-state index contributed by atoms with van der Waals surface area (Å²) in [7, 11) is -3.61. The van der Waals surface area contributed by atoms with Crippen molar-refractivity contribution >= 4 is 21.9 Å². The number of piperazine rings is 1. The molecule has 1 saturated heterocycles. The molecule has 0 bridgehead atoms. The summed E-state index contributed by atoms with van der Waals surface area (Å²) in [5.74, 6) is -0.834. The molecule has 1 fully saturated rings. The second-order valence-corrected chi connectivity index (χ2v) is 9.67. The molecule has 0 aliphatic carbocycles. The minimum Gasteiger partial charge on any atom is -0.480 e. The van der Waals surface area contributed by atoms with Crippen molar-refractivity contribution in [2.24, 2.45) is 0 Å². The second-order valence-electron chi connectivity index (χ2n) is 7.73. The lowest BCUT2D eigenvalue weighted by atomic mass is 10.3. The monoisotopic (exact) mass is 498 g/mol. The van der Waals surface area contributed by atoms with Crippen molar-refractivity contribution in [3.8, 4) is 11.4 Å². The second kappa shape index (κ2) is 10.7. The van der Waals surface area contributed by atoms with Gasteiger partial charge in [0.2, 0.25) is 15.7 Å². The Bertz CT molecular complexity index is 1270. The fraction of sp³-hybridized carbons (Fsp3) is 0.292. The van der Waals surface area contributed by atoms with E-state index in [2.05, 4.69) is 5.10 Å². The van der Waals surface area contributed by atoms with Crippen molar-refractivity contribution < 1.29 is 27.5 Å². The lowest BCUT2D eigenvalue weighted by molar-refractivity contribution is -0.134. The number of hydrogen-bond acceptors (Lipinski definition) is 7. The van der Waals surface area contributed by atoms with Crippen LogP contribution in [0.25, 0.3) is 5.69 Å². The molecule has 1 aliphatic heterocycles. The maximum Gasteiger partial charge on any atom is 0.362 e. The van der Waals surface area contributed by atoms with Gasteiger partial charge in [-0.3, -0.25) is 4.79 Å². The summed E-state index contributed by atoms with van der Waals surface area (Å²) in [5, 5.41) is 4.27. The molecule has 1 aromatic heterocycles. The van der Waals surface area contributed by atoms with Gasteiger partial charge in [0.15, 0.2) is 12.4 Å². The molecule has 0 saturated carbocycles. The first-order valence-electron chi connectivity index (χ1n) is 11.2. The number of benzene rings is 2. The number of amides is 1. The quantitative estimate of drug-likeness (QED) is 0.437. The van der Waals surface area contributed by atoms with Crippen molar-refractivity contribution in [1.29, 1.82) is 0 Å². The summed E-state index contributed by atoms with van der Waals surface area (Å²) in [4.78, 5) is 26.9. The van der Waals surface area contributed by atoms with E-state index in [1.54, 1.807) is 42.2 Å². The van der Waals surface area contributed by atoms with Gasteiger partial charge in [-0.2, -0.15) is 9.40 Å². The molecule has 1 aliphatic rings. The zero-order valence-corrected chi connectivity index (χ0v) is 20.1. The highest BCUT2D eigenvalue weighted by Crippen LogP contribution is 2.22. The van der Waals surface area contributed by atoms with Crippen LogP contribution in [0.15, 0.2) is 71.8 Å². The molecular formula is C24H26N4O6S. The molecular weight excluding hydrogens is 472 g/mol. The van der Waals surface area contributed by atoms with Crippen molar-refractivity contribution in [2.75, 3.05) is 39.4 Å². The SMILES string of the molecule is CCOC(=O)c1nn(-c2ccccc2)cc1OCC(=O)N1CCN(S(=O)(=O)c2ccccc2)CC1. The van der Waals surface area contributed by atoms with E-state index in [0.29, 0.717) is 0 Å². The lowest BCUT2D eigenvalue weighted by Crippen LogP contribution is -2.51. The molecule has 0 radical (unpaired) electrons. The van der Waals surface area contributed by atoms with Crippen molar-refractivity contribution in [3.05, 3.63) is 72.6 Å². The van der Waals surface area contributed by atoms with Gasteiger partial charge in [-0.15, -0.1) is 0 Å². The number of nitrogens with zero attached hydrogens (tertiary/aromatic N) is 4. The van der Waals surface area contributed by atoms with Gasteiger partial charge in [0.05, 0.1) is 23.4 Å². The number of hydrogen-bond donors (Lipinski definition) is 0. The summed E-state index contributed by atoms with van der Waals surface area (Å²) in [6.07, 6.45) is 1.53. The first kappa shape index (κ1) is 24.4. The molecule has 0 atom stereocenters. The average Bonchev–Trinajstić information content (AvgIpc) is 3.33. The highest BCUT2D eigenvalue weighted by Gasteiger charge is 2.30. The number of esters is 1. The molecule has 2 heterocycles. The Morgan fingerprint density at radius 3 is 2.20 bits per heavy atom. The average molecular weight is 499 g/mol. The van der Waals surface area contributed by atoms with Crippen molar-refractivity contribution in [1.82, 2.24) is 19.0 Å². The number of sulfonamides is 1. The lowest BCUT2D eigenvalue weighted by Gasteiger charge is -2.33. The van der Waals surface area contributed by atoms with E-state index in [4.69, 9.17) is 9.47 Å². The summed E-state index contributed by atoms with van der Waals surface area (Å²) in [5.41, 5.74) is 0.692. The molecule has 184 valence electrons. The number of para-hydroxylation sites is 1. The largest absolute Gasteiger partial charge is 0.480 e. The third-order valence-corrected chi connectivity index (χ3v) is 7.41. The van der Waals surface area contributed by atoms with Gasteiger partial charge in [-0.1, -0.05) is 36.4 Å². The summed E-state index contributed by atoms with van der Waals surface area (Å²) < 4.78 is 39.2. The van der Waals surface area contributed by atoms with Gasteiger partial charge in [-0.05, 0) is 31.2 Å². The third kappa shape index (κ3) is 5.52. The van der Waals surface area contributed by atoms with E-state index < -0.39 is 16.0 Å². The molecule has 0 N–H and O–H groups in total. The topological polar surface area (TPSA) is 111 Å². The Morgan fingerprint density at radius 1 is 0.943 bits per heavy atom. The Labute approximate surface area is 203 Å². The molecule has 2 aromatic carbocycles. The van der Waals surface area contributed by atoms with Gasteiger partial charge in [0.25, 0.3) is 5.91 Å². The molecule has 4 rings (SSSR count). The molecule has 10 nitrogen and oxygen atoms in total. The van der Waals surface area contributed by atoms with Crippen LogP contribution in [-0.4, -0.2) is 78.7 Å². The zero-order chi connectivity index (χ0) is 24.8. The number of carbonyl (C=O) groups excluding carboxylic acids is 2. The van der Waals surface area contributed by atoms with E-state index in [-0.39, 0.29) is 61.6 Å². The van der Waals surface area contributed by atoms with Crippen molar-refractivity contribution in [2.45, 2.75) is 11.8 Å². The minimum absolute atomic E-state index is 0.0257. The van der Waals surface area contributed by atoms with Crippen LogP contribution in [0.2, 0.25) is 0 Å². The van der Waals surface area contributed by atoms with E-state index in [0.717, 1.165) is 5.69 Å². The fourth-order valence-electron chi connectivity index (χ4n) is 3.67. The maximum atomic E-state index is 12.8. The van der Waals surface area contributed by atoms with Crippen molar-refractivity contribution in [3.63, 3.8) is 0 Å². The van der Waals surface area contributed by atoms with E-state index in [9.17, 15) is 18.0 Å². The summed E-state index contributed by atoms with van der Waals surface area (Å²) >= 11 is 0. The zero-order valence-electron chi connectivity index (χ0n) is 19.2. The first-order chi connectivity index (χ1) is 16.9. The van der Waals surface area contributed by atoms with Gasteiger partial charge >= 0.3 is 5.97 Å². The molecule has 0 spiro atoms. The Hall–Kier alpha value is -3.70. The van der Waals surface area contributed by atoms with Crippen LogP contribution >= 0.6 is 0 Å². The van der Waals surface area contributed by atoms with Crippen LogP contribution in [0.5, 0.6) is 5.75 Å². The predicted octanol–water partition coefficient (Wildman–Crippen LogP) is 1.96. The van der Waals surface area contributed by atoms with E-state index >= 15 is 0 Å². The van der Waals surface area contributed by atoms with Crippen LogP contribution in [0.3, 0.4) is 0 Å². The predicted molar refractivity (Wildman–Crippen MR) is 127 cm³/mol. The summed E-state index contributed by atoms with van der Waals surface area (Å²) in [6, 6.07) is 17.4. The van der Waals surface area contributed by atoms with Gasteiger partial charge in [0, 0.05) is 26.2 Å². The Balaban J connectivity index is 1.40. The molecule has 0 unspecified atom stereocenters. The number of ether oxygens (including phenoxy) is 2. The Morgan fingerprint density at radius 2 is 1.57 bits per heavy atom. The maximum absolute atomic E-state index is 12.8. The van der Waals surface area contributed by atoms with Crippen LogP contribution in [-0.2, 0) is 19.6 Å².